The van der Waals surface area contributed by atoms with Crippen molar-refractivity contribution in [3.05, 3.63) is 24.0 Å². The molecule has 0 saturated carbocycles. The summed E-state index contributed by atoms with van der Waals surface area (Å²) in [4.78, 5) is 7.06. The second-order valence-corrected chi connectivity index (χ2v) is 5.45. The van der Waals surface area contributed by atoms with E-state index in [1.54, 1.807) is 0 Å². The van der Waals surface area contributed by atoms with E-state index < -0.39 is 0 Å². The van der Waals surface area contributed by atoms with Gasteiger partial charge in [0.05, 0.1) is 5.69 Å². The number of nitrogens with zero attached hydrogens (tertiary/aromatic N) is 2. The van der Waals surface area contributed by atoms with Gasteiger partial charge in [0.2, 0.25) is 0 Å². The summed E-state index contributed by atoms with van der Waals surface area (Å²) in [6, 6.07) is 4.25. The standard InChI is InChI=1S/C17H31N3/c1-4-7-12-20(13-8-5-2)15-17-14-16(9-11-19-17)18-10-6-3/h9,11,14H,4-8,10,12-13,15H2,1-3H3,(H,18,19). The SMILES string of the molecule is CCCCN(CCCC)Cc1cc(NCCC)ccn1. The zero-order valence-corrected chi connectivity index (χ0v) is 13.5. The molecule has 20 heavy (non-hydrogen) atoms. The van der Waals surface area contributed by atoms with Crippen LogP contribution in [0.2, 0.25) is 0 Å². The van der Waals surface area contributed by atoms with E-state index in [9.17, 15) is 0 Å². The third-order valence-corrected chi connectivity index (χ3v) is 3.44. The Morgan fingerprint density at radius 1 is 1.05 bits per heavy atom. The normalized spacial score (nSPS) is 11.0. The van der Waals surface area contributed by atoms with Gasteiger partial charge in [-0.05, 0) is 44.5 Å². The lowest BCUT2D eigenvalue weighted by atomic mass is 10.2. The molecule has 1 aromatic heterocycles. The molecular formula is C17H31N3. The number of nitrogens with one attached hydrogen (secondary N) is 1. The van der Waals surface area contributed by atoms with Gasteiger partial charge in [-0.2, -0.15) is 0 Å². The lowest BCUT2D eigenvalue weighted by Crippen LogP contribution is -2.26. The summed E-state index contributed by atoms with van der Waals surface area (Å²) in [5.74, 6) is 0. The van der Waals surface area contributed by atoms with Crippen molar-refractivity contribution in [2.75, 3.05) is 25.0 Å². The highest BCUT2D eigenvalue weighted by atomic mass is 15.1. The molecule has 1 heterocycles. The van der Waals surface area contributed by atoms with Gasteiger partial charge < -0.3 is 5.32 Å². The first-order valence-electron chi connectivity index (χ1n) is 8.21. The first kappa shape index (κ1) is 17.0. The van der Waals surface area contributed by atoms with E-state index in [0.717, 1.165) is 19.5 Å². The van der Waals surface area contributed by atoms with Gasteiger partial charge in [-0.25, -0.2) is 0 Å². The van der Waals surface area contributed by atoms with Gasteiger partial charge in [-0.3, -0.25) is 9.88 Å². The third kappa shape index (κ3) is 6.90. The van der Waals surface area contributed by atoms with Crippen molar-refractivity contribution in [1.29, 1.82) is 0 Å². The summed E-state index contributed by atoms with van der Waals surface area (Å²) in [5, 5.41) is 3.44. The van der Waals surface area contributed by atoms with Crippen LogP contribution in [0.3, 0.4) is 0 Å². The second-order valence-electron chi connectivity index (χ2n) is 5.45. The molecule has 0 bridgehead atoms. The number of aromatic nitrogens is 1. The summed E-state index contributed by atoms with van der Waals surface area (Å²) in [5.41, 5.74) is 2.38. The van der Waals surface area contributed by atoms with Crippen LogP contribution < -0.4 is 5.32 Å². The van der Waals surface area contributed by atoms with Crippen LogP contribution >= 0.6 is 0 Å². The molecular weight excluding hydrogens is 246 g/mol. The molecule has 3 heteroatoms. The first-order valence-corrected chi connectivity index (χ1v) is 8.21. The predicted octanol–water partition coefficient (Wildman–Crippen LogP) is 4.31. The highest BCUT2D eigenvalue weighted by Crippen LogP contribution is 2.11. The first-order chi connectivity index (χ1) is 9.80. The second kappa shape index (κ2) is 10.7. The van der Waals surface area contributed by atoms with E-state index in [0.29, 0.717) is 0 Å². The van der Waals surface area contributed by atoms with Gasteiger partial charge in [0.15, 0.2) is 0 Å². The summed E-state index contributed by atoms with van der Waals surface area (Å²) in [6.45, 7) is 11.1. The average Bonchev–Trinajstić information content (AvgIpc) is 2.48. The molecule has 3 nitrogen and oxygen atoms in total. The summed E-state index contributed by atoms with van der Waals surface area (Å²) < 4.78 is 0. The van der Waals surface area contributed by atoms with Crippen molar-refractivity contribution in [1.82, 2.24) is 9.88 Å². The third-order valence-electron chi connectivity index (χ3n) is 3.44. The minimum Gasteiger partial charge on any atom is -0.385 e. The average molecular weight is 277 g/mol. The fourth-order valence-electron chi connectivity index (χ4n) is 2.21. The van der Waals surface area contributed by atoms with Crippen molar-refractivity contribution in [2.24, 2.45) is 0 Å². The maximum atomic E-state index is 4.52. The van der Waals surface area contributed by atoms with Crippen LogP contribution in [-0.4, -0.2) is 29.5 Å². The number of unbranched alkanes of at least 4 members (excludes halogenated alkanes) is 2. The van der Waals surface area contributed by atoms with E-state index in [2.05, 4.69) is 48.1 Å². The molecule has 114 valence electrons. The van der Waals surface area contributed by atoms with Crippen molar-refractivity contribution in [3.63, 3.8) is 0 Å². The van der Waals surface area contributed by atoms with Crippen molar-refractivity contribution < 1.29 is 0 Å². The Kier molecular flexibility index (Phi) is 9.05. The van der Waals surface area contributed by atoms with Gasteiger partial charge in [-0.15, -0.1) is 0 Å². The van der Waals surface area contributed by atoms with Crippen LogP contribution in [0.15, 0.2) is 18.3 Å². The Hall–Kier alpha value is -1.09. The Morgan fingerprint density at radius 2 is 1.75 bits per heavy atom. The molecule has 0 amide bonds. The van der Waals surface area contributed by atoms with E-state index in [-0.39, 0.29) is 0 Å². The van der Waals surface area contributed by atoms with Crippen LogP contribution in [-0.2, 0) is 6.54 Å². The molecule has 0 radical (unpaired) electrons. The molecule has 0 saturated heterocycles. The van der Waals surface area contributed by atoms with Crippen molar-refractivity contribution in [3.8, 4) is 0 Å². The number of hydrogen-bond acceptors (Lipinski definition) is 3. The topological polar surface area (TPSA) is 28.2 Å². The molecule has 1 rings (SSSR count). The number of rotatable bonds is 11. The number of pyridine rings is 1. The Labute approximate surface area is 124 Å². The molecule has 1 N–H and O–H groups in total. The van der Waals surface area contributed by atoms with Crippen LogP contribution in [0.1, 0.15) is 58.6 Å². The Morgan fingerprint density at radius 3 is 2.35 bits per heavy atom. The summed E-state index contributed by atoms with van der Waals surface area (Å²) in [6.07, 6.45) is 8.14. The van der Waals surface area contributed by atoms with Gasteiger partial charge in [0.1, 0.15) is 0 Å². The minimum absolute atomic E-state index is 0.974. The molecule has 0 aromatic carbocycles. The summed E-state index contributed by atoms with van der Waals surface area (Å²) >= 11 is 0. The van der Waals surface area contributed by atoms with Crippen molar-refractivity contribution in [2.45, 2.75) is 59.4 Å². The smallest absolute Gasteiger partial charge is 0.0564 e. The fraction of sp³-hybridized carbons (Fsp3) is 0.706. The number of hydrogen-bond donors (Lipinski definition) is 1. The van der Waals surface area contributed by atoms with Crippen LogP contribution in [0, 0.1) is 0 Å². The largest absolute Gasteiger partial charge is 0.385 e. The Balaban J connectivity index is 2.56. The van der Waals surface area contributed by atoms with Crippen molar-refractivity contribution >= 4 is 5.69 Å². The van der Waals surface area contributed by atoms with E-state index in [1.165, 1.54) is 50.2 Å². The minimum atomic E-state index is 0.974. The molecule has 0 aliphatic heterocycles. The molecule has 0 unspecified atom stereocenters. The van der Waals surface area contributed by atoms with Gasteiger partial charge >= 0.3 is 0 Å². The van der Waals surface area contributed by atoms with Gasteiger partial charge in [-0.1, -0.05) is 33.6 Å². The molecule has 0 aliphatic rings. The Bertz CT molecular complexity index is 344. The molecule has 1 aromatic rings. The van der Waals surface area contributed by atoms with Crippen LogP contribution in [0.25, 0.3) is 0 Å². The highest BCUT2D eigenvalue weighted by molar-refractivity contribution is 5.43. The van der Waals surface area contributed by atoms with E-state index in [4.69, 9.17) is 0 Å². The predicted molar refractivity (Wildman–Crippen MR) is 88.1 cm³/mol. The zero-order chi connectivity index (χ0) is 14.6. The van der Waals surface area contributed by atoms with E-state index >= 15 is 0 Å². The summed E-state index contributed by atoms with van der Waals surface area (Å²) in [7, 11) is 0. The van der Waals surface area contributed by atoms with Crippen LogP contribution in [0.4, 0.5) is 5.69 Å². The molecule has 0 fully saturated rings. The molecule has 0 spiro atoms. The number of anilines is 1. The quantitative estimate of drug-likeness (QED) is 0.653. The lowest BCUT2D eigenvalue weighted by molar-refractivity contribution is 0.254. The monoisotopic (exact) mass is 277 g/mol. The van der Waals surface area contributed by atoms with Gasteiger partial charge in [0.25, 0.3) is 0 Å². The molecule has 0 atom stereocenters. The van der Waals surface area contributed by atoms with Gasteiger partial charge in [0, 0.05) is 25.0 Å². The molecule has 0 aliphatic carbocycles. The maximum absolute atomic E-state index is 4.52. The maximum Gasteiger partial charge on any atom is 0.0564 e. The van der Waals surface area contributed by atoms with E-state index in [1.807, 2.05) is 6.20 Å². The fourth-order valence-corrected chi connectivity index (χ4v) is 2.21. The van der Waals surface area contributed by atoms with Crippen LogP contribution in [0.5, 0.6) is 0 Å². The lowest BCUT2D eigenvalue weighted by Gasteiger charge is -2.21. The highest BCUT2D eigenvalue weighted by Gasteiger charge is 2.06. The zero-order valence-electron chi connectivity index (χ0n) is 13.5.